The molecule has 2 aliphatic rings. The summed E-state index contributed by atoms with van der Waals surface area (Å²) in [7, 11) is 0.271. The second kappa shape index (κ2) is 9.99. The second-order valence-corrected chi connectivity index (χ2v) is 11.2. The van der Waals surface area contributed by atoms with E-state index in [1.807, 2.05) is 19.0 Å². The molecule has 38 heavy (non-hydrogen) atoms. The fourth-order valence-corrected chi connectivity index (χ4v) is 5.27. The van der Waals surface area contributed by atoms with Crippen molar-refractivity contribution in [2.75, 3.05) is 55.2 Å². The number of benzene rings is 3. The number of amides is 1. The van der Waals surface area contributed by atoms with Crippen molar-refractivity contribution in [2.24, 2.45) is 0 Å². The topological polar surface area (TPSA) is 100 Å². The van der Waals surface area contributed by atoms with E-state index in [1.165, 1.54) is 22.7 Å². The molecular formula is C27H27FN4O5S. The van der Waals surface area contributed by atoms with Crippen LogP contribution in [0.2, 0.25) is 0 Å². The van der Waals surface area contributed by atoms with Gasteiger partial charge in [0.25, 0.3) is 5.91 Å². The molecule has 11 heteroatoms. The summed E-state index contributed by atoms with van der Waals surface area (Å²) in [5.41, 5.74) is 3.56. The Bertz CT molecular complexity index is 1540. The lowest BCUT2D eigenvalue weighted by atomic mass is 9.99. The monoisotopic (exact) mass is 538 g/mol. The van der Waals surface area contributed by atoms with Crippen molar-refractivity contribution in [2.45, 2.75) is 0 Å². The van der Waals surface area contributed by atoms with Gasteiger partial charge in [-0.2, -0.15) is 0 Å². The maximum atomic E-state index is 13.9. The molecule has 2 N–H and O–H groups in total. The first-order valence-electron chi connectivity index (χ1n) is 11.9. The zero-order chi connectivity index (χ0) is 27.0. The second-order valence-electron chi connectivity index (χ2n) is 9.27. The average molecular weight is 539 g/mol. The van der Waals surface area contributed by atoms with Gasteiger partial charge in [-0.05, 0) is 74.8 Å². The van der Waals surface area contributed by atoms with Crippen LogP contribution in [-0.4, -0.2) is 59.5 Å². The van der Waals surface area contributed by atoms with E-state index in [9.17, 15) is 17.6 Å². The number of carbonyl (C=O) groups is 1. The average Bonchev–Trinajstić information content (AvgIpc) is 3.45. The Labute approximate surface area is 220 Å². The van der Waals surface area contributed by atoms with Crippen LogP contribution in [0.5, 0.6) is 11.5 Å². The summed E-state index contributed by atoms with van der Waals surface area (Å²) >= 11 is 0. The molecule has 2 heterocycles. The molecule has 0 radical (unpaired) electrons. The minimum Gasteiger partial charge on any atom is -0.454 e. The number of carbonyl (C=O) groups excluding carboxylic acids is 1. The number of likely N-dealkylation sites (N-methyl/N-ethyl adjacent to an activating group) is 1. The normalized spacial score (nSPS) is 15.3. The summed E-state index contributed by atoms with van der Waals surface area (Å²) < 4.78 is 51.0. The Morgan fingerprint density at radius 1 is 1.00 bits per heavy atom. The van der Waals surface area contributed by atoms with Crippen molar-refractivity contribution in [3.63, 3.8) is 0 Å². The van der Waals surface area contributed by atoms with Crippen LogP contribution in [0.1, 0.15) is 11.1 Å². The van der Waals surface area contributed by atoms with Crippen molar-refractivity contribution in [3.05, 3.63) is 77.6 Å². The SMILES string of the molecule is CN(C)CCN(c1ccc(NC(=C2C(=O)Nc3cc(F)ccc32)c2ccc3c(c2)OCO3)cc1)S(C)(=O)=O. The molecular weight excluding hydrogens is 511 g/mol. The quantitative estimate of drug-likeness (QED) is 0.421. The molecule has 0 saturated heterocycles. The van der Waals surface area contributed by atoms with Crippen LogP contribution in [0, 0.1) is 5.82 Å². The van der Waals surface area contributed by atoms with Gasteiger partial charge in [0.15, 0.2) is 11.5 Å². The number of fused-ring (bicyclic) bond motifs is 2. The zero-order valence-electron chi connectivity index (χ0n) is 21.1. The van der Waals surface area contributed by atoms with Gasteiger partial charge in [0.2, 0.25) is 16.8 Å². The van der Waals surface area contributed by atoms with Gasteiger partial charge >= 0.3 is 0 Å². The molecule has 0 aliphatic carbocycles. The summed E-state index contributed by atoms with van der Waals surface area (Å²) in [6.45, 7) is 0.966. The molecule has 0 spiro atoms. The lowest BCUT2D eigenvalue weighted by Gasteiger charge is -2.24. The van der Waals surface area contributed by atoms with Gasteiger partial charge < -0.3 is 25.0 Å². The molecule has 1 amide bonds. The third-order valence-corrected chi connectivity index (χ3v) is 7.41. The van der Waals surface area contributed by atoms with Gasteiger partial charge in [0.1, 0.15) is 5.82 Å². The van der Waals surface area contributed by atoms with Crippen LogP contribution in [0.25, 0.3) is 11.3 Å². The van der Waals surface area contributed by atoms with Crippen molar-refractivity contribution in [1.29, 1.82) is 0 Å². The third-order valence-electron chi connectivity index (χ3n) is 6.21. The molecule has 2 aliphatic heterocycles. The predicted molar refractivity (Wildman–Crippen MR) is 145 cm³/mol. The zero-order valence-corrected chi connectivity index (χ0v) is 21.9. The number of nitrogens with one attached hydrogen (secondary N) is 2. The van der Waals surface area contributed by atoms with Crippen LogP contribution < -0.4 is 24.4 Å². The molecule has 198 valence electrons. The van der Waals surface area contributed by atoms with Gasteiger partial charge in [-0.1, -0.05) is 0 Å². The smallest absolute Gasteiger partial charge is 0.258 e. The molecule has 3 aromatic carbocycles. The van der Waals surface area contributed by atoms with Crippen molar-refractivity contribution < 1.29 is 27.1 Å². The first-order chi connectivity index (χ1) is 18.1. The number of hydrogen-bond acceptors (Lipinski definition) is 7. The van der Waals surface area contributed by atoms with Crippen LogP contribution in [0.15, 0.2) is 60.7 Å². The molecule has 5 rings (SSSR count). The molecule has 3 aromatic rings. The summed E-state index contributed by atoms with van der Waals surface area (Å²) in [6, 6.07) is 16.4. The van der Waals surface area contributed by atoms with Gasteiger partial charge in [-0.3, -0.25) is 9.10 Å². The van der Waals surface area contributed by atoms with Crippen molar-refractivity contribution in [3.8, 4) is 11.5 Å². The number of sulfonamides is 1. The third kappa shape index (κ3) is 5.15. The first kappa shape index (κ1) is 25.6. The highest BCUT2D eigenvalue weighted by molar-refractivity contribution is 7.92. The highest BCUT2D eigenvalue weighted by Crippen LogP contribution is 2.41. The van der Waals surface area contributed by atoms with E-state index >= 15 is 0 Å². The van der Waals surface area contributed by atoms with E-state index in [1.54, 1.807) is 48.5 Å². The Kier molecular flexibility index (Phi) is 6.72. The molecule has 0 atom stereocenters. The minimum absolute atomic E-state index is 0.104. The molecule has 0 unspecified atom stereocenters. The maximum absolute atomic E-state index is 13.9. The van der Waals surface area contributed by atoms with Gasteiger partial charge in [0.05, 0.1) is 28.9 Å². The van der Waals surface area contributed by atoms with Gasteiger partial charge in [0, 0.05) is 29.9 Å². The van der Waals surface area contributed by atoms with Crippen LogP contribution in [0.4, 0.5) is 21.5 Å². The summed E-state index contributed by atoms with van der Waals surface area (Å²) in [6.07, 6.45) is 1.18. The van der Waals surface area contributed by atoms with E-state index in [0.717, 1.165) is 0 Å². The number of hydrogen-bond donors (Lipinski definition) is 2. The molecule has 0 aromatic heterocycles. The summed E-state index contributed by atoms with van der Waals surface area (Å²) in [4.78, 5) is 15.0. The van der Waals surface area contributed by atoms with Crippen molar-refractivity contribution >= 4 is 44.3 Å². The Balaban J connectivity index is 1.55. The lowest BCUT2D eigenvalue weighted by molar-refractivity contribution is -0.110. The fourth-order valence-electron chi connectivity index (χ4n) is 4.36. The van der Waals surface area contributed by atoms with E-state index in [2.05, 4.69) is 10.6 Å². The van der Waals surface area contributed by atoms with E-state index < -0.39 is 15.8 Å². The highest BCUT2D eigenvalue weighted by Gasteiger charge is 2.29. The highest BCUT2D eigenvalue weighted by atomic mass is 32.2. The standard InChI is InChI=1S/C27H27FN4O5S/c1-31(2)12-13-32(38(3,34)35)20-8-6-19(7-9-20)29-26(17-4-11-23-24(14-17)37-16-36-23)25-21-10-5-18(28)15-22(21)30-27(25)33/h4-11,14-15,29H,12-13,16H2,1-3H3,(H,30,33). The maximum Gasteiger partial charge on any atom is 0.258 e. The number of nitrogens with zero attached hydrogens (tertiary/aromatic N) is 2. The minimum atomic E-state index is -3.49. The van der Waals surface area contributed by atoms with Gasteiger partial charge in [-0.15, -0.1) is 0 Å². The van der Waals surface area contributed by atoms with Crippen molar-refractivity contribution in [1.82, 2.24) is 4.90 Å². The molecule has 0 saturated carbocycles. The molecule has 9 nitrogen and oxygen atoms in total. The number of ether oxygens (including phenoxy) is 2. The van der Waals surface area contributed by atoms with Gasteiger partial charge in [-0.25, -0.2) is 12.8 Å². The molecule has 0 fully saturated rings. The predicted octanol–water partition coefficient (Wildman–Crippen LogP) is 3.81. The van der Waals surface area contributed by atoms with Crippen LogP contribution in [0.3, 0.4) is 0 Å². The Morgan fingerprint density at radius 3 is 2.45 bits per heavy atom. The van der Waals surface area contributed by atoms with E-state index in [4.69, 9.17) is 9.47 Å². The Hall–Kier alpha value is -4.09. The first-order valence-corrected chi connectivity index (χ1v) is 13.7. The fraction of sp³-hybridized carbons (Fsp3) is 0.222. The lowest BCUT2D eigenvalue weighted by Crippen LogP contribution is -2.35. The number of rotatable bonds is 8. The summed E-state index contributed by atoms with van der Waals surface area (Å²) in [5.74, 6) is 0.303. The Morgan fingerprint density at radius 2 is 1.74 bits per heavy atom. The number of anilines is 3. The summed E-state index contributed by atoms with van der Waals surface area (Å²) in [5, 5.41) is 6.05. The molecule has 0 bridgehead atoms. The van der Waals surface area contributed by atoms with E-state index in [-0.39, 0.29) is 12.7 Å². The van der Waals surface area contributed by atoms with Crippen LogP contribution >= 0.6 is 0 Å². The number of halogens is 1. The largest absolute Gasteiger partial charge is 0.454 e. The van der Waals surface area contributed by atoms with E-state index in [0.29, 0.717) is 64.0 Å². The van der Waals surface area contributed by atoms with Crippen LogP contribution in [-0.2, 0) is 14.8 Å².